The van der Waals surface area contributed by atoms with Crippen molar-refractivity contribution in [2.45, 2.75) is 55.4 Å². The third-order valence-corrected chi connectivity index (χ3v) is 9.75. The lowest BCUT2D eigenvalue weighted by molar-refractivity contribution is -0.200. The van der Waals surface area contributed by atoms with E-state index in [1.54, 1.807) is 18.2 Å². The van der Waals surface area contributed by atoms with Crippen LogP contribution in [0.4, 0.5) is 24.5 Å². The van der Waals surface area contributed by atoms with Crippen LogP contribution in [0.3, 0.4) is 0 Å². The summed E-state index contributed by atoms with van der Waals surface area (Å²) in [5, 5.41) is 12.5. The molecule has 1 aliphatic carbocycles. The number of methoxy groups -OCH3 is 1. The summed E-state index contributed by atoms with van der Waals surface area (Å²) in [4.78, 5) is 2.47. The van der Waals surface area contributed by atoms with E-state index >= 15 is 0 Å². The van der Waals surface area contributed by atoms with Crippen LogP contribution >= 0.6 is 0 Å². The predicted octanol–water partition coefficient (Wildman–Crippen LogP) is 4.38. The molecular formula is C31H36F3N5O4S. The number of benzene rings is 2. The molecule has 0 atom stereocenters. The van der Waals surface area contributed by atoms with Crippen LogP contribution in [-0.2, 0) is 21.3 Å². The van der Waals surface area contributed by atoms with Gasteiger partial charge in [-0.25, -0.2) is 13.6 Å². The lowest BCUT2D eigenvalue weighted by Gasteiger charge is -2.58. The van der Waals surface area contributed by atoms with Crippen molar-refractivity contribution >= 4 is 32.3 Å². The summed E-state index contributed by atoms with van der Waals surface area (Å²) in [6.07, 6.45) is -0.228. The Morgan fingerprint density at radius 1 is 1.09 bits per heavy atom. The normalized spacial score (nSPS) is 21.7. The summed E-state index contributed by atoms with van der Waals surface area (Å²) in [6, 6.07) is 12.1. The molecular weight excluding hydrogens is 595 g/mol. The zero-order chi connectivity index (χ0) is 31.1. The van der Waals surface area contributed by atoms with Crippen molar-refractivity contribution in [3.05, 3.63) is 48.2 Å². The van der Waals surface area contributed by atoms with Crippen LogP contribution in [0.5, 0.6) is 5.75 Å². The van der Waals surface area contributed by atoms with Crippen molar-refractivity contribution in [1.82, 2.24) is 9.47 Å². The number of halogens is 3. The molecule has 3 aromatic rings. The van der Waals surface area contributed by atoms with E-state index in [0.717, 1.165) is 57.7 Å². The summed E-state index contributed by atoms with van der Waals surface area (Å²) in [7, 11) is -2.52. The topological polar surface area (TPSA) is 111 Å². The summed E-state index contributed by atoms with van der Waals surface area (Å²) < 4.78 is 76.1. The number of nitrogens with two attached hydrogens (primary N) is 1. The molecule has 0 bridgehead atoms. The Kier molecular flexibility index (Phi) is 8.21. The number of sulfonamides is 1. The van der Waals surface area contributed by atoms with Crippen molar-refractivity contribution in [3.63, 3.8) is 0 Å². The molecule has 2 saturated heterocycles. The Balaban J connectivity index is 1.16. The Bertz CT molecular complexity index is 1690. The number of hydrogen-bond acceptors (Lipinski definition) is 7. The van der Waals surface area contributed by atoms with Crippen LogP contribution < -0.4 is 20.5 Å². The van der Waals surface area contributed by atoms with Gasteiger partial charge in [0.15, 0.2) is 0 Å². The largest absolute Gasteiger partial charge is 0.495 e. The molecule has 3 heterocycles. The number of ether oxygens (including phenoxy) is 2. The van der Waals surface area contributed by atoms with Gasteiger partial charge in [-0.3, -0.25) is 4.90 Å². The molecule has 3 aliphatic rings. The average Bonchev–Trinajstić information content (AvgIpc) is 3.26. The number of likely N-dealkylation sites (tertiary alicyclic amines) is 1. The van der Waals surface area contributed by atoms with E-state index in [1.807, 2.05) is 6.07 Å². The summed E-state index contributed by atoms with van der Waals surface area (Å²) in [6.45, 7) is 2.94. The van der Waals surface area contributed by atoms with E-state index in [9.17, 15) is 21.6 Å². The predicted molar refractivity (Wildman–Crippen MR) is 162 cm³/mol. The zero-order valence-electron chi connectivity index (χ0n) is 24.4. The van der Waals surface area contributed by atoms with Crippen LogP contribution in [0, 0.1) is 17.3 Å². The molecule has 0 unspecified atom stereocenters. The number of primary sulfonamides is 1. The molecule has 0 amide bonds. The van der Waals surface area contributed by atoms with Crippen LogP contribution in [0.15, 0.2) is 47.4 Å². The van der Waals surface area contributed by atoms with Crippen LogP contribution in [0.25, 0.3) is 10.9 Å². The van der Waals surface area contributed by atoms with Gasteiger partial charge in [0.05, 0.1) is 48.7 Å². The average molecular weight is 632 g/mol. The maximum absolute atomic E-state index is 13.6. The zero-order valence-corrected chi connectivity index (χ0v) is 25.2. The van der Waals surface area contributed by atoms with Gasteiger partial charge in [-0.15, -0.1) is 0 Å². The van der Waals surface area contributed by atoms with Gasteiger partial charge in [-0.1, -0.05) is 12.0 Å². The molecule has 4 N–H and O–H groups in total. The molecule has 0 radical (unpaired) electrons. The maximum atomic E-state index is 13.6. The highest BCUT2D eigenvalue weighted by Gasteiger charge is 2.50. The first kappa shape index (κ1) is 30.6. The van der Waals surface area contributed by atoms with Gasteiger partial charge in [0.2, 0.25) is 10.0 Å². The minimum atomic E-state index is -4.43. The lowest BCUT2D eigenvalue weighted by atomic mass is 9.75. The molecule has 44 heavy (non-hydrogen) atoms. The van der Waals surface area contributed by atoms with E-state index < -0.39 is 22.7 Å². The lowest BCUT2D eigenvalue weighted by Crippen LogP contribution is -2.68. The number of nitrogens with one attached hydrogen (secondary N) is 2. The van der Waals surface area contributed by atoms with Gasteiger partial charge in [-0.2, -0.15) is 13.2 Å². The fourth-order valence-electron chi connectivity index (χ4n) is 6.58. The Morgan fingerprint density at radius 3 is 2.48 bits per heavy atom. The van der Waals surface area contributed by atoms with Crippen LogP contribution in [-0.4, -0.2) is 76.1 Å². The third-order valence-electron chi connectivity index (χ3n) is 8.83. The first-order valence-corrected chi connectivity index (χ1v) is 16.2. The van der Waals surface area contributed by atoms with E-state index in [1.165, 1.54) is 29.9 Å². The van der Waals surface area contributed by atoms with Crippen LogP contribution in [0.2, 0.25) is 0 Å². The quantitative estimate of drug-likeness (QED) is 0.317. The molecule has 9 nitrogen and oxygen atoms in total. The van der Waals surface area contributed by atoms with Crippen LogP contribution in [0.1, 0.15) is 31.4 Å². The van der Waals surface area contributed by atoms with E-state index in [-0.39, 0.29) is 28.9 Å². The summed E-state index contributed by atoms with van der Waals surface area (Å²) in [5.41, 5.74) is 2.39. The second-order valence-electron chi connectivity index (χ2n) is 12.1. The van der Waals surface area contributed by atoms with Crippen molar-refractivity contribution < 1.29 is 31.1 Å². The summed E-state index contributed by atoms with van der Waals surface area (Å²) >= 11 is 0. The molecule has 2 aliphatic heterocycles. The number of rotatable bonds is 8. The van der Waals surface area contributed by atoms with Gasteiger partial charge >= 0.3 is 6.18 Å². The van der Waals surface area contributed by atoms with Gasteiger partial charge in [0.25, 0.3) is 0 Å². The molecule has 2 aromatic carbocycles. The molecule has 3 fully saturated rings. The second-order valence-corrected chi connectivity index (χ2v) is 13.6. The summed E-state index contributed by atoms with van der Waals surface area (Å²) in [5.74, 6) is 6.04. The van der Waals surface area contributed by atoms with Crippen molar-refractivity contribution in [3.8, 4) is 17.6 Å². The number of nitrogens with zero attached hydrogens (tertiary/aromatic N) is 2. The van der Waals surface area contributed by atoms with E-state index in [0.29, 0.717) is 28.0 Å². The standard InChI is InChI=1S/C31H36F3N5O4S/c1-42-29-15-24(44(35,40)41)11-12-27(29)36-13-3-4-23-14-25-26(5-2-6-28(25)39(23)18-31(32,33)34)37-21-7-9-22(10-8-21)38-16-30(17-38)19-43-20-30/h2,5-6,11-12,14-15,21-22,36-37H,7-10,13,16-20H2,1H3,(H2,35,40,41)/t21-,22-. The maximum Gasteiger partial charge on any atom is 0.406 e. The first-order valence-electron chi connectivity index (χ1n) is 14.6. The van der Waals surface area contributed by atoms with Gasteiger partial charge in [-0.05, 0) is 61.9 Å². The second kappa shape index (κ2) is 11.8. The molecule has 1 saturated carbocycles. The Morgan fingerprint density at radius 2 is 1.84 bits per heavy atom. The first-order chi connectivity index (χ1) is 20.9. The number of fused-ring (bicyclic) bond motifs is 1. The van der Waals surface area contributed by atoms with Crippen molar-refractivity contribution in [2.24, 2.45) is 10.6 Å². The molecule has 13 heteroatoms. The Hall–Kier alpha value is -3.44. The number of hydrogen-bond donors (Lipinski definition) is 3. The van der Waals surface area contributed by atoms with Gasteiger partial charge in [0, 0.05) is 47.7 Å². The molecule has 1 aromatic heterocycles. The number of anilines is 2. The molecule has 6 rings (SSSR count). The van der Waals surface area contributed by atoms with Gasteiger partial charge in [0.1, 0.15) is 12.3 Å². The fraction of sp³-hybridized carbons (Fsp3) is 0.484. The number of aromatic nitrogens is 1. The van der Waals surface area contributed by atoms with E-state index in [2.05, 4.69) is 27.4 Å². The van der Waals surface area contributed by atoms with Gasteiger partial charge < -0.3 is 24.7 Å². The fourth-order valence-corrected chi connectivity index (χ4v) is 7.11. The molecule has 236 valence electrons. The SMILES string of the molecule is COc1cc(S(N)(=O)=O)ccc1NCC#Cc1cc2c(N[C@H]3CC[C@H](N4CC5(COC5)C4)CC3)cccc2n1CC(F)(F)F. The third kappa shape index (κ3) is 6.49. The Labute approximate surface area is 254 Å². The monoisotopic (exact) mass is 631 g/mol. The highest BCUT2D eigenvalue weighted by Crippen LogP contribution is 2.41. The molecule has 1 spiro atoms. The van der Waals surface area contributed by atoms with Crippen molar-refractivity contribution in [2.75, 3.05) is 50.6 Å². The smallest absolute Gasteiger partial charge is 0.406 e. The van der Waals surface area contributed by atoms with E-state index in [4.69, 9.17) is 14.6 Å². The minimum Gasteiger partial charge on any atom is -0.495 e. The number of alkyl halides is 3. The highest BCUT2D eigenvalue weighted by molar-refractivity contribution is 7.89. The highest BCUT2D eigenvalue weighted by atomic mass is 32.2. The minimum absolute atomic E-state index is 0.0815. The van der Waals surface area contributed by atoms with Crippen molar-refractivity contribution in [1.29, 1.82) is 0 Å².